The molecule has 4 rings (SSSR count). The fraction of sp³-hybridized carbons (Fsp3) is 0.348. The fourth-order valence-electron chi connectivity index (χ4n) is 4.17. The number of imidazole rings is 1. The number of benzene rings is 2. The lowest BCUT2D eigenvalue weighted by Crippen LogP contribution is -2.39. The van der Waals surface area contributed by atoms with Crippen LogP contribution in [-0.4, -0.2) is 64.0 Å². The number of hydrogen-bond acceptors (Lipinski definition) is 5. The van der Waals surface area contributed by atoms with Crippen molar-refractivity contribution < 1.29 is 14.7 Å². The summed E-state index contributed by atoms with van der Waals surface area (Å²) in [4.78, 5) is 42.3. The highest BCUT2D eigenvalue weighted by Gasteiger charge is 2.25. The van der Waals surface area contributed by atoms with E-state index in [1.165, 1.54) is 0 Å². The van der Waals surface area contributed by atoms with Gasteiger partial charge in [-0.1, -0.05) is 11.6 Å². The molecule has 0 atom stereocenters. The summed E-state index contributed by atoms with van der Waals surface area (Å²) in [7, 11) is 0. The SMILES string of the molecule is O=C(CN1CCC(n2c(=O)[nH]c3cc(C(=O)NCCO)ccc32)CC1)c1ccc(Cl)cc1. The van der Waals surface area contributed by atoms with Crippen molar-refractivity contribution in [2.45, 2.75) is 18.9 Å². The van der Waals surface area contributed by atoms with Crippen molar-refractivity contribution in [1.29, 1.82) is 0 Å². The topological polar surface area (TPSA) is 107 Å². The van der Waals surface area contributed by atoms with Crippen molar-refractivity contribution in [2.75, 3.05) is 32.8 Å². The van der Waals surface area contributed by atoms with Crippen molar-refractivity contribution >= 4 is 34.3 Å². The lowest BCUT2D eigenvalue weighted by Gasteiger charge is -2.32. The highest BCUT2D eigenvalue weighted by molar-refractivity contribution is 6.30. The minimum atomic E-state index is -0.298. The molecule has 9 heteroatoms. The molecule has 1 amide bonds. The molecule has 0 saturated carbocycles. The van der Waals surface area contributed by atoms with E-state index in [0.717, 1.165) is 18.4 Å². The van der Waals surface area contributed by atoms with Gasteiger partial charge in [-0.2, -0.15) is 0 Å². The van der Waals surface area contributed by atoms with Crippen LogP contribution >= 0.6 is 11.6 Å². The fourth-order valence-corrected chi connectivity index (χ4v) is 4.30. The highest BCUT2D eigenvalue weighted by atomic mass is 35.5. The maximum Gasteiger partial charge on any atom is 0.326 e. The number of aliphatic hydroxyl groups is 1. The number of halogens is 1. The Morgan fingerprint density at radius 1 is 1.09 bits per heavy atom. The van der Waals surface area contributed by atoms with Crippen molar-refractivity contribution in [2.24, 2.45) is 0 Å². The summed E-state index contributed by atoms with van der Waals surface area (Å²) in [6, 6.07) is 12.0. The average Bonchev–Trinajstić information content (AvgIpc) is 3.13. The summed E-state index contributed by atoms with van der Waals surface area (Å²) in [5.41, 5.74) is 2.22. The van der Waals surface area contributed by atoms with Crippen LogP contribution in [0.25, 0.3) is 11.0 Å². The minimum absolute atomic E-state index is 0.0206. The van der Waals surface area contributed by atoms with Gasteiger partial charge in [-0.15, -0.1) is 0 Å². The van der Waals surface area contributed by atoms with Gasteiger partial charge in [-0.05, 0) is 55.3 Å². The molecule has 0 spiro atoms. The van der Waals surface area contributed by atoms with Crippen LogP contribution < -0.4 is 11.0 Å². The van der Waals surface area contributed by atoms with E-state index in [0.29, 0.717) is 41.3 Å². The summed E-state index contributed by atoms with van der Waals surface area (Å²) < 4.78 is 1.75. The number of likely N-dealkylation sites (tertiary alicyclic amines) is 1. The molecular formula is C23H25ClN4O4. The van der Waals surface area contributed by atoms with Crippen LogP contribution in [0.1, 0.15) is 39.6 Å². The van der Waals surface area contributed by atoms with Gasteiger partial charge in [0, 0.05) is 41.8 Å². The Morgan fingerprint density at radius 3 is 2.47 bits per heavy atom. The molecule has 3 aromatic rings. The molecule has 1 aromatic heterocycles. The Morgan fingerprint density at radius 2 is 1.78 bits per heavy atom. The molecule has 32 heavy (non-hydrogen) atoms. The van der Waals surface area contributed by atoms with Crippen molar-refractivity contribution in [3.8, 4) is 0 Å². The summed E-state index contributed by atoms with van der Waals surface area (Å²) in [6.45, 7) is 1.80. The van der Waals surface area contributed by atoms with E-state index in [9.17, 15) is 14.4 Å². The molecule has 1 saturated heterocycles. The van der Waals surface area contributed by atoms with Crippen LogP contribution in [-0.2, 0) is 0 Å². The molecule has 2 aromatic carbocycles. The van der Waals surface area contributed by atoms with Gasteiger partial charge in [-0.3, -0.25) is 19.1 Å². The zero-order valence-corrected chi connectivity index (χ0v) is 18.3. The monoisotopic (exact) mass is 456 g/mol. The van der Waals surface area contributed by atoms with Crippen molar-refractivity contribution in [1.82, 2.24) is 19.8 Å². The van der Waals surface area contributed by atoms with E-state index in [1.807, 2.05) is 0 Å². The maximum atomic E-state index is 12.7. The average molecular weight is 457 g/mol. The number of carbonyl (C=O) groups is 2. The number of H-pyrrole nitrogens is 1. The van der Waals surface area contributed by atoms with Gasteiger partial charge in [0.15, 0.2) is 5.78 Å². The highest BCUT2D eigenvalue weighted by Crippen LogP contribution is 2.25. The molecule has 1 fully saturated rings. The van der Waals surface area contributed by atoms with Crippen LogP contribution in [0.4, 0.5) is 0 Å². The summed E-state index contributed by atoms with van der Waals surface area (Å²) in [6.07, 6.45) is 1.50. The molecular weight excluding hydrogens is 432 g/mol. The number of Topliss-reactive ketones (excluding diaryl/α,β-unsaturated/α-hetero) is 1. The number of ketones is 1. The van der Waals surface area contributed by atoms with Gasteiger partial charge in [0.1, 0.15) is 0 Å². The van der Waals surface area contributed by atoms with E-state index in [4.69, 9.17) is 16.7 Å². The number of amides is 1. The smallest absolute Gasteiger partial charge is 0.326 e. The zero-order valence-electron chi connectivity index (χ0n) is 17.5. The number of aromatic nitrogens is 2. The van der Waals surface area contributed by atoms with E-state index in [-0.39, 0.29) is 36.6 Å². The lowest BCUT2D eigenvalue weighted by molar-refractivity contribution is 0.0897. The zero-order chi connectivity index (χ0) is 22.7. The van der Waals surface area contributed by atoms with Crippen LogP contribution in [0.3, 0.4) is 0 Å². The number of nitrogens with zero attached hydrogens (tertiary/aromatic N) is 2. The van der Waals surface area contributed by atoms with Gasteiger partial charge >= 0.3 is 5.69 Å². The van der Waals surface area contributed by atoms with Gasteiger partial charge < -0.3 is 15.4 Å². The second kappa shape index (κ2) is 9.68. The number of hydrogen-bond donors (Lipinski definition) is 3. The summed E-state index contributed by atoms with van der Waals surface area (Å²) in [5, 5.41) is 12.1. The van der Waals surface area contributed by atoms with Gasteiger partial charge in [0.25, 0.3) is 5.91 Å². The predicted molar refractivity (Wildman–Crippen MR) is 122 cm³/mol. The molecule has 8 nitrogen and oxygen atoms in total. The number of piperidine rings is 1. The third-order valence-corrected chi connectivity index (χ3v) is 6.08. The first-order chi connectivity index (χ1) is 15.5. The van der Waals surface area contributed by atoms with Crippen LogP contribution in [0.5, 0.6) is 0 Å². The third-order valence-electron chi connectivity index (χ3n) is 5.83. The maximum absolute atomic E-state index is 12.7. The Hall–Kier alpha value is -2.94. The van der Waals surface area contributed by atoms with Crippen molar-refractivity contribution in [3.05, 3.63) is 69.1 Å². The standard InChI is InChI=1S/C23H25ClN4O4/c24-17-4-1-15(2-5-17)21(30)14-27-10-7-18(8-11-27)28-20-6-3-16(22(31)25-9-12-29)13-19(20)26-23(28)32/h1-6,13,18,29H,7-12,14H2,(H,25,31)(H,26,32). The minimum Gasteiger partial charge on any atom is -0.395 e. The number of rotatable bonds is 7. The molecule has 0 unspecified atom stereocenters. The van der Waals surface area contributed by atoms with Crippen molar-refractivity contribution in [3.63, 3.8) is 0 Å². The van der Waals surface area contributed by atoms with E-state index >= 15 is 0 Å². The number of fused-ring (bicyclic) bond motifs is 1. The first kappa shape index (κ1) is 22.3. The van der Waals surface area contributed by atoms with E-state index < -0.39 is 0 Å². The van der Waals surface area contributed by atoms with Gasteiger partial charge in [-0.25, -0.2) is 4.79 Å². The van der Waals surface area contributed by atoms with Gasteiger partial charge in [0.2, 0.25) is 0 Å². The normalized spacial score (nSPS) is 15.2. The second-order valence-electron chi connectivity index (χ2n) is 7.95. The second-order valence-corrected chi connectivity index (χ2v) is 8.39. The lowest BCUT2D eigenvalue weighted by atomic mass is 10.0. The first-order valence-corrected chi connectivity index (χ1v) is 11.0. The molecule has 3 N–H and O–H groups in total. The molecule has 0 bridgehead atoms. The number of nitrogens with one attached hydrogen (secondary N) is 2. The Labute approximate surface area is 189 Å². The molecule has 1 aliphatic heterocycles. The Balaban J connectivity index is 1.42. The van der Waals surface area contributed by atoms with Crippen LogP contribution in [0.2, 0.25) is 5.02 Å². The van der Waals surface area contributed by atoms with E-state index in [2.05, 4.69) is 15.2 Å². The number of carbonyl (C=O) groups excluding carboxylic acids is 2. The predicted octanol–water partition coefficient (Wildman–Crippen LogP) is 2.22. The molecule has 168 valence electrons. The first-order valence-electron chi connectivity index (χ1n) is 10.6. The molecule has 2 heterocycles. The Kier molecular flexibility index (Phi) is 6.74. The largest absolute Gasteiger partial charge is 0.395 e. The third kappa shape index (κ3) is 4.77. The molecule has 0 aliphatic carbocycles. The van der Waals surface area contributed by atoms with Crippen LogP contribution in [0, 0.1) is 0 Å². The van der Waals surface area contributed by atoms with E-state index in [1.54, 1.807) is 47.0 Å². The molecule has 0 radical (unpaired) electrons. The summed E-state index contributed by atoms with van der Waals surface area (Å²) >= 11 is 5.89. The van der Waals surface area contributed by atoms with Crippen LogP contribution in [0.15, 0.2) is 47.3 Å². The number of aromatic amines is 1. The molecule has 1 aliphatic rings. The quantitative estimate of drug-likeness (QED) is 0.472. The number of aliphatic hydroxyl groups excluding tert-OH is 1. The Bertz CT molecular complexity index is 1180. The summed E-state index contributed by atoms with van der Waals surface area (Å²) in [5.74, 6) is -0.246. The van der Waals surface area contributed by atoms with Gasteiger partial charge in [0.05, 0.1) is 24.2 Å².